The van der Waals surface area contributed by atoms with Gasteiger partial charge in [0.1, 0.15) is 6.10 Å². The standard InChI is InChI=1S/C24H20Br2N2O2/c25-17-7-6-16-11-22(26)21-10-15-4-1-2-5-19(15)24(23(21)20(16)12-17)30-14-18(29)13-28-9-3-8-27-28/h1-9,11-12,18,24,29H,10,13-14H2. The van der Waals surface area contributed by atoms with Crippen molar-refractivity contribution in [1.82, 2.24) is 9.78 Å². The molecule has 1 aromatic heterocycles. The van der Waals surface area contributed by atoms with Gasteiger partial charge in [0.2, 0.25) is 0 Å². The second-order valence-electron chi connectivity index (χ2n) is 7.59. The van der Waals surface area contributed by atoms with E-state index in [0.717, 1.165) is 26.3 Å². The topological polar surface area (TPSA) is 47.3 Å². The fraction of sp³-hybridized carbons (Fsp3) is 0.208. The highest BCUT2D eigenvalue weighted by atomic mass is 79.9. The molecule has 0 amide bonds. The molecular formula is C24H20Br2N2O2. The third-order valence-electron chi connectivity index (χ3n) is 5.58. The van der Waals surface area contributed by atoms with Gasteiger partial charge in [0.05, 0.1) is 19.3 Å². The van der Waals surface area contributed by atoms with Gasteiger partial charge in [-0.2, -0.15) is 5.10 Å². The molecule has 30 heavy (non-hydrogen) atoms. The summed E-state index contributed by atoms with van der Waals surface area (Å²) in [5, 5.41) is 17.1. The monoisotopic (exact) mass is 526 g/mol. The predicted octanol–water partition coefficient (Wildman–Crippen LogP) is 5.63. The van der Waals surface area contributed by atoms with Crippen LogP contribution in [-0.4, -0.2) is 27.6 Å². The Bertz CT molecular complexity index is 1210. The lowest BCUT2D eigenvalue weighted by molar-refractivity contribution is -0.00264. The summed E-state index contributed by atoms with van der Waals surface area (Å²) in [7, 11) is 0. The van der Waals surface area contributed by atoms with Crippen LogP contribution in [0.5, 0.6) is 0 Å². The highest BCUT2D eigenvalue weighted by Crippen LogP contribution is 2.44. The lowest BCUT2D eigenvalue weighted by Crippen LogP contribution is -2.26. The van der Waals surface area contributed by atoms with Gasteiger partial charge in [-0.1, -0.05) is 62.2 Å². The zero-order valence-electron chi connectivity index (χ0n) is 16.1. The van der Waals surface area contributed by atoms with E-state index < -0.39 is 6.10 Å². The number of hydrogen-bond donors (Lipinski definition) is 1. The van der Waals surface area contributed by atoms with E-state index in [1.54, 1.807) is 10.9 Å². The quantitative estimate of drug-likeness (QED) is 0.365. The molecule has 2 unspecified atom stereocenters. The molecule has 4 aromatic rings. The van der Waals surface area contributed by atoms with Gasteiger partial charge in [0, 0.05) is 21.3 Å². The van der Waals surface area contributed by atoms with Crippen LogP contribution in [0.2, 0.25) is 0 Å². The molecule has 3 aromatic carbocycles. The summed E-state index contributed by atoms with van der Waals surface area (Å²) in [6, 6.07) is 18.8. The molecule has 2 atom stereocenters. The van der Waals surface area contributed by atoms with Crippen LogP contribution in [0.15, 0.2) is 75.9 Å². The molecule has 0 saturated carbocycles. The Morgan fingerprint density at radius 1 is 1.13 bits per heavy atom. The SMILES string of the molecule is OC(COC1c2ccccc2Cc2c(Br)cc3ccc(Br)cc3c21)Cn1cccn1. The number of nitrogens with zero attached hydrogens (tertiary/aromatic N) is 2. The number of aromatic nitrogens is 2. The second kappa shape index (κ2) is 8.27. The van der Waals surface area contributed by atoms with E-state index in [2.05, 4.69) is 85.5 Å². The molecule has 4 nitrogen and oxygen atoms in total. The molecule has 0 aliphatic heterocycles. The first-order chi connectivity index (χ1) is 14.6. The van der Waals surface area contributed by atoms with Gasteiger partial charge >= 0.3 is 0 Å². The maximum absolute atomic E-state index is 10.6. The Morgan fingerprint density at radius 2 is 2.00 bits per heavy atom. The first-order valence-corrected chi connectivity index (χ1v) is 11.4. The van der Waals surface area contributed by atoms with E-state index >= 15 is 0 Å². The van der Waals surface area contributed by atoms with Gasteiger partial charge < -0.3 is 9.84 Å². The maximum Gasteiger partial charge on any atom is 0.109 e. The first kappa shape index (κ1) is 19.9. The van der Waals surface area contributed by atoms with Crippen molar-refractivity contribution in [2.45, 2.75) is 25.2 Å². The number of rotatable bonds is 5. The lowest BCUT2D eigenvalue weighted by Gasteiger charge is -2.31. The minimum absolute atomic E-state index is 0.223. The van der Waals surface area contributed by atoms with Gasteiger partial charge in [0.25, 0.3) is 0 Å². The Labute approximate surface area is 191 Å². The summed E-state index contributed by atoms with van der Waals surface area (Å²) in [6.07, 6.45) is 3.52. The van der Waals surface area contributed by atoms with Crippen molar-refractivity contribution in [3.8, 4) is 0 Å². The molecule has 152 valence electrons. The van der Waals surface area contributed by atoms with E-state index in [4.69, 9.17) is 4.74 Å². The summed E-state index contributed by atoms with van der Waals surface area (Å²) in [5.41, 5.74) is 4.83. The Balaban J connectivity index is 1.56. The van der Waals surface area contributed by atoms with E-state index in [-0.39, 0.29) is 12.7 Å². The van der Waals surface area contributed by atoms with Crippen molar-refractivity contribution in [3.63, 3.8) is 0 Å². The van der Waals surface area contributed by atoms with E-state index in [0.29, 0.717) is 6.54 Å². The van der Waals surface area contributed by atoms with Crippen molar-refractivity contribution in [3.05, 3.63) is 98.2 Å². The van der Waals surface area contributed by atoms with Crippen molar-refractivity contribution >= 4 is 42.6 Å². The van der Waals surface area contributed by atoms with Crippen LogP contribution < -0.4 is 0 Å². The molecule has 6 heteroatoms. The van der Waals surface area contributed by atoms with Gasteiger partial charge in [-0.3, -0.25) is 4.68 Å². The summed E-state index contributed by atoms with van der Waals surface area (Å²) in [4.78, 5) is 0. The fourth-order valence-electron chi connectivity index (χ4n) is 4.24. The lowest BCUT2D eigenvalue weighted by atomic mass is 9.81. The van der Waals surface area contributed by atoms with Gasteiger partial charge in [-0.25, -0.2) is 0 Å². The molecule has 0 radical (unpaired) electrons. The van der Waals surface area contributed by atoms with E-state index in [1.165, 1.54) is 22.1 Å². The first-order valence-electron chi connectivity index (χ1n) is 9.85. The minimum Gasteiger partial charge on any atom is -0.389 e. The summed E-state index contributed by atoms with van der Waals surface area (Å²) in [5.74, 6) is 0. The Kier molecular flexibility index (Phi) is 5.50. The molecule has 5 rings (SSSR count). The molecule has 1 aliphatic rings. The van der Waals surface area contributed by atoms with Crippen molar-refractivity contribution in [2.75, 3.05) is 6.61 Å². The highest BCUT2D eigenvalue weighted by Gasteiger charge is 2.30. The number of halogens is 2. The highest BCUT2D eigenvalue weighted by molar-refractivity contribution is 9.10. The van der Waals surface area contributed by atoms with Crippen LogP contribution in [0.4, 0.5) is 0 Å². The molecule has 0 fully saturated rings. The van der Waals surface area contributed by atoms with Crippen molar-refractivity contribution < 1.29 is 9.84 Å². The zero-order valence-corrected chi connectivity index (χ0v) is 19.3. The fourth-order valence-corrected chi connectivity index (χ4v) is 5.20. The average molecular weight is 528 g/mol. The normalized spacial score (nSPS) is 16.3. The molecule has 0 saturated heterocycles. The van der Waals surface area contributed by atoms with Crippen molar-refractivity contribution in [2.24, 2.45) is 0 Å². The minimum atomic E-state index is -0.646. The van der Waals surface area contributed by atoms with Crippen LogP contribution in [0.1, 0.15) is 28.4 Å². The maximum atomic E-state index is 10.6. The van der Waals surface area contributed by atoms with Gasteiger partial charge in [0.15, 0.2) is 0 Å². The average Bonchev–Trinajstić information content (AvgIpc) is 3.25. The second-order valence-corrected chi connectivity index (χ2v) is 9.36. The molecule has 0 bridgehead atoms. The molecule has 1 heterocycles. The number of ether oxygens (including phenoxy) is 1. The smallest absolute Gasteiger partial charge is 0.109 e. The Morgan fingerprint density at radius 3 is 2.83 bits per heavy atom. The predicted molar refractivity (Wildman–Crippen MR) is 125 cm³/mol. The van der Waals surface area contributed by atoms with Crippen LogP contribution in [0.25, 0.3) is 10.8 Å². The van der Waals surface area contributed by atoms with Crippen LogP contribution in [-0.2, 0) is 17.7 Å². The largest absolute Gasteiger partial charge is 0.389 e. The van der Waals surface area contributed by atoms with Crippen LogP contribution in [0.3, 0.4) is 0 Å². The zero-order chi connectivity index (χ0) is 20.7. The van der Waals surface area contributed by atoms with Crippen LogP contribution >= 0.6 is 31.9 Å². The molecular weight excluding hydrogens is 508 g/mol. The Hall–Kier alpha value is -1.99. The molecule has 1 aliphatic carbocycles. The third-order valence-corrected chi connectivity index (χ3v) is 6.78. The van der Waals surface area contributed by atoms with E-state index in [9.17, 15) is 5.11 Å². The number of fused-ring (bicyclic) bond motifs is 4. The number of aliphatic hydroxyl groups is 1. The molecule has 0 spiro atoms. The summed E-state index contributed by atoms with van der Waals surface area (Å²) in [6.45, 7) is 0.624. The molecule has 1 N–H and O–H groups in total. The van der Waals surface area contributed by atoms with Gasteiger partial charge in [-0.15, -0.1) is 0 Å². The van der Waals surface area contributed by atoms with Gasteiger partial charge in [-0.05, 0) is 63.7 Å². The third kappa shape index (κ3) is 3.73. The number of hydrogen-bond acceptors (Lipinski definition) is 3. The summed E-state index contributed by atoms with van der Waals surface area (Å²) < 4.78 is 10.3. The van der Waals surface area contributed by atoms with Crippen molar-refractivity contribution in [1.29, 1.82) is 0 Å². The number of benzene rings is 3. The number of aliphatic hydroxyl groups excluding tert-OH is 1. The summed E-state index contributed by atoms with van der Waals surface area (Å²) >= 11 is 7.42. The van der Waals surface area contributed by atoms with Crippen LogP contribution in [0, 0.1) is 0 Å². The van der Waals surface area contributed by atoms with E-state index in [1.807, 2.05) is 12.3 Å².